The van der Waals surface area contributed by atoms with E-state index in [1.807, 2.05) is 30.3 Å². The Morgan fingerprint density at radius 1 is 1.00 bits per heavy atom. The van der Waals surface area contributed by atoms with Gasteiger partial charge in [0.1, 0.15) is 0 Å². The number of benzene rings is 1. The van der Waals surface area contributed by atoms with Gasteiger partial charge >= 0.3 is 11.9 Å². The van der Waals surface area contributed by atoms with Crippen LogP contribution in [0.15, 0.2) is 30.3 Å². The molecule has 0 aromatic heterocycles. The number of carbonyl (C=O) groups is 2. The SMILES string of the molecule is O=C1CC2CC(=O)OC2(c2ccccc2)O1. The van der Waals surface area contributed by atoms with E-state index in [0.717, 1.165) is 5.56 Å². The average Bonchev–Trinajstić information content (AvgIpc) is 2.71. The minimum atomic E-state index is -1.16. The summed E-state index contributed by atoms with van der Waals surface area (Å²) >= 11 is 0. The Hall–Kier alpha value is -1.84. The molecule has 0 spiro atoms. The van der Waals surface area contributed by atoms with Crippen LogP contribution in [0.1, 0.15) is 18.4 Å². The molecule has 2 heterocycles. The summed E-state index contributed by atoms with van der Waals surface area (Å²) in [6, 6.07) is 9.15. The molecule has 0 amide bonds. The van der Waals surface area contributed by atoms with Gasteiger partial charge in [-0.05, 0) is 0 Å². The average molecular weight is 218 g/mol. The molecule has 82 valence electrons. The van der Waals surface area contributed by atoms with Crippen LogP contribution >= 0.6 is 0 Å². The van der Waals surface area contributed by atoms with Gasteiger partial charge in [0.2, 0.25) is 0 Å². The molecule has 0 bridgehead atoms. The van der Waals surface area contributed by atoms with Gasteiger partial charge in [0, 0.05) is 5.56 Å². The molecular weight excluding hydrogens is 208 g/mol. The molecule has 0 N–H and O–H groups in total. The van der Waals surface area contributed by atoms with Gasteiger partial charge in [-0.15, -0.1) is 0 Å². The second-order valence-electron chi connectivity index (χ2n) is 4.09. The summed E-state index contributed by atoms with van der Waals surface area (Å²) in [5.41, 5.74) is 0.733. The smallest absolute Gasteiger partial charge is 0.309 e. The molecule has 0 aliphatic carbocycles. The summed E-state index contributed by atoms with van der Waals surface area (Å²) < 4.78 is 10.5. The van der Waals surface area contributed by atoms with Gasteiger partial charge in [-0.25, -0.2) is 0 Å². The van der Waals surface area contributed by atoms with Crippen molar-refractivity contribution in [3.8, 4) is 0 Å². The Kier molecular flexibility index (Phi) is 1.80. The van der Waals surface area contributed by atoms with E-state index in [1.54, 1.807) is 0 Å². The van der Waals surface area contributed by atoms with Crippen LogP contribution in [0.4, 0.5) is 0 Å². The lowest BCUT2D eigenvalue weighted by Gasteiger charge is -2.25. The summed E-state index contributed by atoms with van der Waals surface area (Å²) in [7, 11) is 0. The van der Waals surface area contributed by atoms with Crippen LogP contribution in [0.3, 0.4) is 0 Å². The fourth-order valence-corrected chi connectivity index (χ4v) is 2.38. The number of rotatable bonds is 1. The number of ether oxygens (including phenoxy) is 2. The first-order valence-electron chi connectivity index (χ1n) is 5.20. The standard InChI is InChI=1S/C12H10O4/c13-10-6-9-7-11(14)16-12(9,15-10)8-4-2-1-3-5-8/h1-5,9H,6-7H2. The zero-order valence-corrected chi connectivity index (χ0v) is 8.51. The van der Waals surface area contributed by atoms with Crippen LogP contribution in [0, 0.1) is 5.92 Å². The number of carbonyl (C=O) groups excluding carboxylic acids is 2. The molecule has 2 aliphatic rings. The summed E-state index contributed by atoms with van der Waals surface area (Å²) in [4.78, 5) is 22.7. The van der Waals surface area contributed by atoms with Gasteiger partial charge in [0.25, 0.3) is 5.79 Å². The Labute approximate surface area is 92.2 Å². The van der Waals surface area contributed by atoms with Crippen molar-refractivity contribution in [1.82, 2.24) is 0 Å². The van der Waals surface area contributed by atoms with Gasteiger partial charge in [-0.2, -0.15) is 0 Å². The number of esters is 2. The van der Waals surface area contributed by atoms with Crippen molar-refractivity contribution in [2.75, 3.05) is 0 Å². The summed E-state index contributed by atoms with van der Waals surface area (Å²) in [5, 5.41) is 0. The summed E-state index contributed by atoms with van der Waals surface area (Å²) in [6.45, 7) is 0. The van der Waals surface area contributed by atoms with Crippen LogP contribution in [-0.2, 0) is 24.8 Å². The molecule has 0 radical (unpaired) electrons. The molecule has 0 atom stereocenters. The van der Waals surface area contributed by atoms with Gasteiger partial charge in [0.15, 0.2) is 0 Å². The Bertz CT molecular complexity index is 431. The van der Waals surface area contributed by atoms with E-state index in [0.29, 0.717) is 0 Å². The Morgan fingerprint density at radius 3 is 2.12 bits per heavy atom. The molecule has 4 heteroatoms. The minimum Gasteiger partial charge on any atom is -0.418 e. The highest BCUT2D eigenvalue weighted by atomic mass is 16.7. The molecular formula is C12H10O4. The van der Waals surface area contributed by atoms with Crippen LogP contribution in [-0.4, -0.2) is 11.9 Å². The number of fused-ring (bicyclic) bond motifs is 1. The zero-order valence-electron chi connectivity index (χ0n) is 8.51. The molecule has 1 aromatic carbocycles. The second kappa shape index (κ2) is 3.07. The van der Waals surface area contributed by atoms with Crippen molar-refractivity contribution in [3.05, 3.63) is 35.9 Å². The third-order valence-electron chi connectivity index (χ3n) is 3.07. The third-order valence-corrected chi connectivity index (χ3v) is 3.07. The van der Waals surface area contributed by atoms with Gasteiger partial charge in [0.05, 0.1) is 18.8 Å². The van der Waals surface area contributed by atoms with Crippen LogP contribution < -0.4 is 0 Å². The van der Waals surface area contributed by atoms with Crippen LogP contribution in [0.25, 0.3) is 0 Å². The van der Waals surface area contributed by atoms with Crippen molar-refractivity contribution < 1.29 is 19.1 Å². The van der Waals surface area contributed by atoms with Crippen LogP contribution in [0.5, 0.6) is 0 Å². The maximum absolute atomic E-state index is 11.3. The third kappa shape index (κ3) is 1.16. The maximum atomic E-state index is 11.3. The fourth-order valence-electron chi connectivity index (χ4n) is 2.38. The largest absolute Gasteiger partial charge is 0.418 e. The lowest BCUT2D eigenvalue weighted by atomic mass is 9.91. The zero-order chi connectivity index (χ0) is 11.2. The lowest BCUT2D eigenvalue weighted by Crippen LogP contribution is -2.30. The minimum absolute atomic E-state index is 0.185. The van der Waals surface area contributed by atoms with E-state index in [2.05, 4.69) is 0 Å². The monoisotopic (exact) mass is 218 g/mol. The first-order valence-corrected chi connectivity index (χ1v) is 5.20. The van der Waals surface area contributed by atoms with Gasteiger partial charge in [-0.3, -0.25) is 9.59 Å². The van der Waals surface area contributed by atoms with Crippen molar-refractivity contribution in [1.29, 1.82) is 0 Å². The molecule has 0 saturated carbocycles. The molecule has 3 rings (SSSR count). The van der Waals surface area contributed by atoms with E-state index >= 15 is 0 Å². The summed E-state index contributed by atoms with van der Waals surface area (Å²) in [6.07, 6.45) is 0.501. The topological polar surface area (TPSA) is 52.6 Å². The highest BCUT2D eigenvalue weighted by molar-refractivity contribution is 5.80. The molecule has 0 unspecified atom stereocenters. The molecule has 2 fully saturated rings. The van der Waals surface area contributed by atoms with E-state index in [1.165, 1.54) is 0 Å². The van der Waals surface area contributed by atoms with Crippen molar-refractivity contribution in [2.45, 2.75) is 18.6 Å². The molecule has 2 saturated heterocycles. The van der Waals surface area contributed by atoms with Crippen molar-refractivity contribution in [3.63, 3.8) is 0 Å². The van der Waals surface area contributed by atoms with Crippen molar-refractivity contribution in [2.24, 2.45) is 5.92 Å². The Morgan fingerprint density at radius 2 is 1.56 bits per heavy atom. The molecule has 16 heavy (non-hydrogen) atoms. The van der Waals surface area contributed by atoms with E-state index < -0.39 is 5.79 Å². The van der Waals surface area contributed by atoms with E-state index in [4.69, 9.17) is 9.47 Å². The highest BCUT2D eigenvalue weighted by Crippen LogP contribution is 2.49. The number of hydrogen-bond donors (Lipinski definition) is 0. The van der Waals surface area contributed by atoms with Gasteiger partial charge < -0.3 is 9.47 Å². The fraction of sp³-hybridized carbons (Fsp3) is 0.333. The normalized spacial score (nSPS) is 32.1. The van der Waals surface area contributed by atoms with Gasteiger partial charge in [-0.1, -0.05) is 30.3 Å². The van der Waals surface area contributed by atoms with E-state index in [-0.39, 0.29) is 30.7 Å². The molecule has 2 aliphatic heterocycles. The lowest BCUT2D eigenvalue weighted by molar-refractivity contribution is -0.210. The first-order chi connectivity index (χ1) is 7.71. The first kappa shape index (κ1) is 9.39. The Balaban J connectivity index is 2.08. The predicted molar refractivity (Wildman–Crippen MR) is 53.0 cm³/mol. The van der Waals surface area contributed by atoms with E-state index in [9.17, 15) is 9.59 Å². The van der Waals surface area contributed by atoms with Crippen LogP contribution in [0.2, 0.25) is 0 Å². The maximum Gasteiger partial charge on any atom is 0.309 e. The summed E-state index contributed by atoms with van der Waals surface area (Å²) in [5.74, 6) is -1.95. The molecule has 4 nitrogen and oxygen atoms in total. The second-order valence-corrected chi connectivity index (χ2v) is 4.09. The number of hydrogen-bond acceptors (Lipinski definition) is 4. The predicted octanol–water partition coefficient (Wildman–Crippen LogP) is 1.35. The quantitative estimate of drug-likeness (QED) is 0.667. The van der Waals surface area contributed by atoms with Crippen molar-refractivity contribution >= 4 is 11.9 Å². The molecule has 1 aromatic rings. The highest BCUT2D eigenvalue weighted by Gasteiger charge is 2.59.